The maximum Gasteiger partial charge on any atom is 0.416 e. The first kappa shape index (κ1) is 20.6. The number of nitrogens with zero attached hydrogens (tertiary/aromatic N) is 3. The topological polar surface area (TPSA) is 76.2 Å². The van der Waals surface area contributed by atoms with Gasteiger partial charge in [-0.1, -0.05) is 6.42 Å². The van der Waals surface area contributed by atoms with Gasteiger partial charge in [0.15, 0.2) is 0 Å². The Balaban J connectivity index is 1.76. The van der Waals surface area contributed by atoms with E-state index in [4.69, 9.17) is 5.73 Å². The fraction of sp³-hybridized carbons (Fsp3) is 0.579. The van der Waals surface area contributed by atoms with Crippen LogP contribution in [0.4, 0.5) is 13.2 Å². The zero-order chi connectivity index (χ0) is 20.3. The molecule has 0 radical (unpaired) electrons. The highest BCUT2D eigenvalue weighted by atomic mass is 19.4. The molecule has 1 fully saturated rings. The molecule has 0 aliphatic carbocycles. The molecule has 1 aromatic carbocycles. The van der Waals surface area contributed by atoms with Crippen LogP contribution in [0.25, 0.3) is 11.0 Å². The third-order valence-electron chi connectivity index (χ3n) is 5.30. The van der Waals surface area contributed by atoms with Gasteiger partial charge in [0.1, 0.15) is 5.82 Å². The molecule has 1 aliphatic rings. The van der Waals surface area contributed by atoms with Crippen LogP contribution in [0.1, 0.15) is 37.1 Å². The molecule has 1 amide bonds. The van der Waals surface area contributed by atoms with Crippen molar-refractivity contribution in [3.63, 3.8) is 0 Å². The summed E-state index contributed by atoms with van der Waals surface area (Å²) in [7, 11) is 1.82. The molecular weight excluding hydrogens is 371 g/mol. The molecule has 154 valence electrons. The Kier molecular flexibility index (Phi) is 6.24. The van der Waals surface area contributed by atoms with Gasteiger partial charge in [0.05, 0.1) is 23.1 Å². The summed E-state index contributed by atoms with van der Waals surface area (Å²) in [5, 5.41) is 2.92. The predicted molar refractivity (Wildman–Crippen MR) is 100 cm³/mol. The number of nitrogens with one attached hydrogen (secondary N) is 1. The third-order valence-corrected chi connectivity index (χ3v) is 5.30. The number of carbonyl (C=O) groups is 1. The fourth-order valence-corrected chi connectivity index (χ4v) is 3.70. The molecule has 1 unspecified atom stereocenters. The third kappa shape index (κ3) is 4.64. The van der Waals surface area contributed by atoms with E-state index in [-0.39, 0.29) is 11.9 Å². The number of imidazole rings is 1. The SMILES string of the molecule is Cn1c(CN2CCCCC2CNC(=O)CCN)nc2cc(C(F)(F)F)ccc21. The van der Waals surface area contributed by atoms with E-state index in [1.165, 1.54) is 6.07 Å². The monoisotopic (exact) mass is 397 g/mol. The second-order valence-corrected chi connectivity index (χ2v) is 7.25. The Morgan fingerprint density at radius 2 is 2.14 bits per heavy atom. The highest BCUT2D eigenvalue weighted by Crippen LogP contribution is 2.31. The van der Waals surface area contributed by atoms with Crippen molar-refractivity contribution in [2.75, 3.05) is 19.6 Å². The predicted octanol–water partition coefficient (Wildman–Crippen LogP) is 2.41. The van der Waals surface area contributed by atoms with Crippen LogP contribution in [0.3, 0.4) is 0 Å². The van der Waals surface area contributed by atoms with E-state index < -0.39 is 11.7 Å². The summed E-state index contributed by atoms with van der Waals surface area (Å²) in [6.07, 6.45) is -0.976. The first-order chi connectivity index (χ1) is 13.3. The number of aromatic nitrogens is 2. The molecule has 28 heavy (non-hydrogen) atoms. The zero-order valence-corrected chi connectivity index (χ0v) is 15.9. The normalized spacial score (nSPS) is 18.5. The zero-order valence-electron chi connectivity index (χ0n) is 15.9. The number of hydrogen-bond donors (Lipinski definition) is 2. The molecule has 1 aliphatic heterocycles. The minimum Gasteiger partial charge on any atom is -0.354 e. The minimum atomic E-state index is -4.38. The fourth-order valence-electron chi connectivity index (χ4n) is 3.70. The summed E-state index contributed by atoms with van der Waals surface area (Å²) in [5.74, 6) is 0.657. The van der Waals surface area contributed by atoms with Crippen LogP contribution in [0.5, 0.6) is 0 Å². The molecule has 3 N–H and O–H groups in total. The van der Waals surface area contributed by atoms with Crippen molar-refractivity contribution in [3.8, 4) is 0 Å². The number of fused-ring (bicyclic) bond motifs is 1. The highest BCUT2D eigenvalue weighted by Gasteiger charge is 2.31. The van der Waals surface area contributed by atoms with Gasteiger partial charge in [0.2, 0.25) is 5.91 Å². The minimum absolute atomic E-state index is 0.0598. The van der Waals surface area contributed by atoms with Gasteiger partial charge in [-0.25, -0.2) is 4.98 Å². The van der Waals surface area contributed by atoms with Crippen molar-refractivity contribution in [1.29, 1.82) is 0 Å². The number of amides is 1. The van der Waals surface area contributed by atoms with Crippen molar-refractivity contribution in [3.05, 3.63) is 29.6 Å². The van der Waals surface area contributed by atoms with Gasteiger partial charge >= 0.3 is 6.18 Å². The smallest absolute Gasteiger partial charge is 0.354 e. The van der Waals surface area contributed by atoms with Crippen LogP contribution in [0, 0.1) is 0 Å². The van der Waals surface area contributed by atoms with Gasteiger partial charge in [-0.15, -0.1) is 0 Å². The molecule has 1 aromatic heterocycles. The lowest BCUT2D eigenvalue weighted by Crippen LogP contribution is -2.46. The number of alkyl halides is 3. The molecule has 0 spiro atoms. The van der Waals surface area contributed by atoms with Crippen molar-refractivity contribution in [1.82, 2.24) is 19.8 Å². The number of halogens is 3. The van der Waals surface area contributed by atoms with Gasteiger partial charge in [-0.05, 0) is 37.6 Å². The Morgan fingerprint density at radius 1 is 1.36 bits per heavy atom. The maximum atomic E-state index is 13.0. The Hall–Kier alpha value is -2.13. The molecule has 2 aromatic rings. The van der Waals surface area contributed by atoms with E-state index >= 15 is 0 Å². The van der Waals surface area contributed by atoms with Gasteiger partial charge in [0.25, 0.3) is 0 Å². The average molecular weight is 397 g/mol. The number of rotatable bonds is 6. The summed E-state index contributed by atoms with van der Waals surface area (Å²) in [5.41, 5.74) is 5.73. The van der Waals surface area contributed by atoms with Crippen molar-refractivity contribution >= 4 is 16.9 Å². The Bertz CT molecular complexity index is 833. The quantitative estimate of drug-likeness (QED) is 0.785. The number of benzene rings is 1. The molecule has 0 bridgehead atoms. The van der Waals surface area contributed by atoms with Crippen molar-refractivity contribution in [2.24, 2.45) is 12.8 Å². The lowest BCUT2D eigenvalue weighted by Gasteiger charge is -2.35. The van der Waals surface area contributed by atoms with E-state index in [9.17, 15) is 18.0 Å². The summed E-state index contributed by atoms with van der Waals surface area (Å²) < 4.78 is 40.7. The van der Waals surface area contributed by atoms with Crippen LogP contribution < -0.4 is 11.1 Å². The summed E-state index contributed by atoms with van der Waals surface area (Å²) in [4.78, 5) is 18.4. The lowest BCUT2D eigenvalue weighted by molar-refractivity contribution is -0.137. The van der Waals surface area contributed by atoms with Crippen molar-refractivity contribution in [2.45, 2.75) is 44.4 Å². The number of hydrogen-bond acceptors (Lipinski definition) is 4. The number of aryl methyl sites for hydroxylation is 1. The molecule has 9 heteroatoms. The van der Waals surface area contributed by atoms with Gasteiger partial charge < -0.3 is 15.6 Å². The van der Waals surface area contributed by atoms with Crippen LogP contribution in [0.15, 0.2) is 18.2 Å². The first-order valence-corrected chi connectivity index (χ1v) is 9.53. The molecular formula is C19H26F3N5O. The van der Waals surface area contributed by atoms with E-state index in [1.807, 2.05) is 11.6 Å². The Morgan fingerprint density at radius 3 is 2.86 bits per heavy atom. The largest absolute Gasteiger partial charge is 0.416 e. The number of nitrogens with two attached hydrogens (primary N) is 1. The van der Waals surface area contributed by atoms with Gasteiger partial charge in [-0.2, -0.15) is 13.2 Å². The molecule has 6 nitrogen and oxygen atoms in total. The first-order valence-electron chi connectivity index (χ1n) is 9.53. The van der Waals surface area contributed by atoms with Crippen LogP contribution in [-0.2, 0) is 24.6 Å². The maximum absolute atomic E-state index is 13.0. The number of carbonyl (C=O) groups excluding carboxylic acids is 1. The highest BCUT2D eigenvalue weighted by molar-refractivity contribution is 5.77. The van der Waals surface area contributed by atoms with Crippen LogP contribution in [-0.4, -0.2) is 46.0 Å². The van der Waals surface area contributed by atoms with Crippen LogP contribution >= 0.6 is 0 Å². The molecule has 0 saturated carbocycles. The molecule has 3 rings (SSSR count). The molecule has 1 atom stereocenters. The average Bonchev–Trinajstić information content (AvgIpc) is 2.96. The van der Waals surface area contributed by atoms with E-state index in [0.29, 0.717) is 37.1 Å². The molecule has 1 saturated heterocycles. The van der Waals surface area contributed by atoms with Crippen molar-refractivity contribution < 1.29 is 18.0 Å². The van der Waals surface area contributed by atoms with Gasteiger partial charge in [-0.3, -0.25) is 9.69 Å². The molecule has 2 heterocycles. The lowest BCUT2D eigenvalue weighted by atomic mass is 10.0. The van der Waals surface area contributed by atoms with Gasteiger partial charge in [0, 0.05) is 32.6 Å². The number of piperidine rings is 1. The standard InChI is InChI=1S/C19H26F3N5O/c1-26-16-6-5-13(19(20,21)22)10-15(16)25-17(26)12-27-9-3-2-4-14(27)11-24-18(28)7-8-23/h5-6,10,14H,2-4,7-9,11-12,23H2,1H3,(H,24,28). The Labute approximate surface area is 161 Å². The second kappa shape index (κ2) is 8.48. The van der Waals surface area contributed by atoms with E-state index in [2.05, 4.69) is 15.2 Å². The summed E-state index contributed by atoms with van der Waals surface area (Å²) in [6.45, 7) is 2.26. The summed E-state index contributed by atoms with van der Waals surface area (Å²) in [6, 6.07) is 3.83. The summed E-state index contributed by atoms with van der Waals surface area (Å²) >= 11 is 0. The second-order valence-electron chi connectivity index (χ2n) is 7.25. The van der Waals surface area contributed by atoms with E-state index in [0.717, 1.165) is 43.8 Å². The van der Waals surface area contributed by atoms with Crippen LogP contribution in [0.2, 0.25) is 0 Å². The number of likely N-dealkylation sites (tertiary alicyclic amines) is 1. The van der Waals surface area contributed by atoms with E-state index in [1.54, 1.807) is 0 Å².